The highest BCUT2D eigenvalue weighted by Gasteiger charge is 2.11. The number of rotatable bonds is 6. The molecule has 0 unspecified atom stereocenters. The Labute approximate surface area is 150 Å². The van der Waals surface area contributed by atoms with E-state index in [1.807, 2.05) is 0 Å². The molecule has 0 aliphatic carbocycles. The van der Waals surface area contributed by atoms with E-state index in [1.165, 1.54) is 12.3 Å². The summed E-state index contributed by atoms with van der Waals surface area (Å²) in [5.41, 5.74) is 0.807. The SMILES string of the molecule is O=C(NCCN1CCOCC1)c1ccc(Nc2ccc(F)c(F)c2)nc1. The standard InChI is InChI=1S/C18H20F2N4O2/c19-15-3-2-14(11-16(15)20)23-17-4-1-13(12-22-17)18(25)21-5-6-24-7-9-26-10-8-24/h1-4,11-12H,5-10H2,(H,21,25)(H,22,23). The van der Waals surface area contributed by atoms with E-state index >= 15 is 0 Å². The minimum absolute atomic E-state index is 0.204. The molecule has 0 atom stereocenters. The normalized spacial score (nSPS) is 14.8. The summed E-state index contributed by atoms with van der Waals surface area (Å²) in [5, 5.41) is 5.71. The molecular formula is C18H20F2N4O2. The van der Waals surface area contributed by atoms with Gasteiger partial charge in [0.15, 0.2) is 11.6 Å². The average Bonchev–Trinajstić information content (AvgIpc) is 2.66. The predicted octanol–water partition coefficient (Wildman–Crippen LogP) is 2.17. The van der Waals surface area contributed by atoms with Crippen molar-refractivity contribution in [2.24, 2.45) is 0 Å². The smallest absolute Gasteiger partial charge is 0.252 e. The second-order valence-corrected chi connectivity index (χ2v) is 5.90. The summed E-state index contributed by atoms with van der Waals surface area (Å²) in [6.07, 6.45) is 1.44. The number of nitrogens with zero attached hydrogens (tertiary/aromatic N) is 2. The number of hydrogen-bond acceptors (Lipinski definition) is 5. The van der Waals surface area contributed by atoms with E-state index in [2.05, 4.69) is 20.5 Å². The Morgan fingerprint density at radius 1 is 1.15 bits per heavy atom. The van der Waals surface area contributed by atoms with Gasteiger partial charge in [0, 0.05) is 44.1 Å². The lowest BCUT2D eigenvalue weighted by molar-refractivity contribution is 0.0383. The molecule has 3 rings (SSSR count). The van der Waals surface area contributed by atoms with Crippen molar-refractivity contribution in [1.82, 2.24) is 15.2 Å². The van der Waals surface area contributed by atoms with E-state index in [4.69, 9.17) is 4.74 Å². The molecule has 2 heterocycles. The maximum atomic E-state index is 13.2. The van der Waals surface area contributed by atoms with Crippen molar-refractivity contribution in [1.29, 1.82) is 0 Å². The lowest BCUT2D eigenvalue weighted by Crippen LogP contribution is -2.41. The lowest BCUT2D eigenvalue weighted by Gasteiger charge is -2.26. The number of anilines is 2. The molecule has 2 aromatic rings. The van der Waals surface area contributed by atoms with Crippen LogP contribution < -0.4 is 10.6 Å². The van der Waals surface area contributed by atoms with Crippen LogP contribution in [0.5, 0.6) is 0 Å². The third-order valence-electron chi connectivity index (χ3n) is 4.03. The van der Waals surface area contributed by atoms with E-state index in [1.54, 1.807) is 12.1 Å². The third kappa shape index (κ3) is 4.96. The topological polar surface area (TPSA) is 66.5 Å². The van der Waals surface area contributed by atoms with Gasteiger partial charge in [0.25, 0.3) is 5.91 Å². The molecule has 0 bridgehead atoms. The first kappa shape index (κ1) is 18.2. The summed E-state index contributed by atoms with van der Waals surface area (Å²) in [6, 6.07) is 6.72. The molecule has 1 aromatic heterocycles. The number of halogens is 2. The van der Waals surface area contributed by atoms with Crippen molar-refractivity contribution in [2.45, 2.75) is 0 Å². The summed E-state index contributed by atoms with van der Waals surface area (Å²) in [6.45, 7) is 4.53. The Balaban J connectivity index is 1.49. The number of morpholine rings is 1. The second kappa shape index (κ2) is 8.68. The van der Waals surface area contributed by atoms with E-state index in [0.29, 0.717) is 23.6 Å². The molecule has 26 heavy (non-hydrogen) atoms. The van der Waals surface area contributed by atoms with Gasteiger partial charge in [-0.15, -0.1) is 0 Å². The molecule has 1 saturated heterocycles. The molecule has 0 radical (unpaired) electrons. The number of aromatic nitrogens is 1. The average molecular weight is 362 g/mol. The molecule has 0 saturated carbocycles. The van der Waals surface area contributed by atoms with Crippen LogP contribution in [0.4, 0.5) is 20.3 Å². The van der Waals surface area contributed by atoms with Crippen molar-refractivity contribution < 1.29 is 18.3 Å². The van der Waals surface area contributed by atoms with Crippen molar-refractivity contribution in [3.05, 3.63) is 53.7 Å². The van der Waals surface area contributed by atoms with E-state index in [-0.39, 0.29) is 5.91 Å². The minimum Gasteiger partial charge on any atom is -0.379 e. The number of hydrogen-bond donors (Lipinski definition) is 2. The maximum absolute atomic E-state index is 13.2. The van der Waals surface area contributed by atoms with Crippen LogP contribution in [0.25, 0.3) is 0 Å². The number of amides is 1. The van der Waals surface area contributed by atoms with E-state index < -0.39 is 11.6 Å². The van der Waals surface area contributed by atoms with Gasteiger partial charge in [-0.1, -0.05) is 0 Å². The number of carbonyl (C=O) groups excluding carboxylic acids is 1. The maximum Gasteiger partial charge on any atom is 0.252 e. The van der Waals surface area contributed by atoms with Crippen LogP contribution in [-0.2, 0) is 4.74 Å². The van der Waals surface area contributed by atoms with Crippen LogP contribution in [0, 0.1) is 11.6 Å². The predicted molar refractivity (Wildman–Crippen MR) is 93.5 cm³/mol. The minimum atomic E-state index is -0.939. The van der Waals surface area contributed by atoms with Gasteiger partial charge in [0.1, 0.15) is 5.82 Å². The molecule has 8 heteroatoms. The van der Waals surface area contributed by atoms with Crippen LogP contribution >= 0.6 is 0 Å². The Morgan fingerprint density at radius 3 is 2.65 bits per heavy atom. The highest BCUT2D eigenvalue weighted by molar-refractivity contribution is 5.94. The van der Waals surface area contributed by atoms with Crippen LogP contribution in [0.2, 0.25) is 0 Å². The van der Waals surface area contributed by atoms with Gasteiger partial charge >= 0.3 is 0 Å². The molecule has 1 aliphatic rings. The van der Waals surface area contributed by atoms with Crippen LogP contribution in [0.3, 0.4) is 0 Å². The van der Waals surface area contributed by atoms with Gasteiger partial charge in [-0.25, -0.2) is 13.8 Å². The van der Waals surface area contributed by atoms with E-state index in [9.17, 15) is 13.6 Å². The van der Waals surface area contributed by atoms with Gasteiger partial charge in [-0.3, -0.25) is 9.69 Å². The summed E-state index contributed by atoms with van der Waals surface area (Å²) in [7, 11) is 0. The quantitative estimate of drug-likeness (QED) is 0.824. The largest absolute Gasteiger partial charge is 0.379 e. The van der Waals surface area contributed by atoms with Crippen LogP contribution in [0.1, 0.15) is 10.4 Å². The van der Waals surface area contributed by atoms with Gasteiger partial charge in [0.2, 0.25) is 0 Å². The van der Waals surface area contributed by atoms with Crippen molar-refractivity contribution in [3.8, 4) is 0 Å². The molecule has 138 valence electrons. The summed E-state index contributed by atoms with van der Waals surface area (Å²) in [5.74, 6) is -1.62. The van der Waals surface area contributed by atoms with Crippen molar-refractivity contribution >= 4 is 17.4 Å². The fourth-order valence-corrected chi connectivity index (χ4v) is 2.58. The van der Waals surface area contributed by atoms with Crippen molar-refractivity contribution in [3.63, 3.8) is 0 Å². The fraction of sp³-hybridized carbons (Fsp3) is 0.333. The van der Waals surface area contributed by atoms with E-state index in [0.717, 1.165) is 45.0 Å². The molecule has 1 aromatic carbocycles. The van der Waals surface area contributed by atoms with Gasteiger partial charge < -0.3 is 15.4 Å². The monoisotopic (exact) mass is 362 g/mol. The highest BCUT2D eigenvalue weighted by Crippen LogP contribution is 2.17. The Morgan fingerprint density at radius 2 is 1.96 bits per heavy atom. The molecule has 2 N–H and O–H groups in total. The van der Waals surface area contributed by atoms with Gasteiger partial charge in [-0.2, -0.15) is 0 Å². The lowest BCUT2D eigenvalue weighted by atomic mass is 10.2. The zero-order valence-electron chi connectivity index (χ0n) is 14.2. The molecule has 0 spiro atoms. The van der Waals surface area contributed by atoms with Gasteiger partial charge in [-0.05, 0) is 24.3 Å². The number of benzene rings is 1. The molecule has 6 nitrogen and oxygen atoms in total. The number of ether oxygens (including phenoxy) is 1. The zero-order valence-corrected chi connectivity index (χ0v) is 14.2. The zero-order chi connectivity index (χ0) is 18.4. The Hall–Kier alpha value is -2.58. The van der Waals surface area contributed by atoms with Crippen LogP contribution in [0.15, 0.2) is 36.5 Å². The Kier molecular flexibility index (Phi) is 6.08. The van der Waals surface area contributed by atoms with Crippen molar-refractivity contribution in [2.75, 3.05) is 44.7 Å². The third-order valence-corrected chi connectivity index (χ3v) is 4.03. The van der Waals surface area contributed by atoms with Crippen LogP contribution in [-0.4, -0.2) is 55.2 Å². The number of pyridine rings is 1. The van der Waals surface area contributed by atoms with Gasteiger partial charge in [0.05, 0.1) is 18.8 Å². The first-order valence-electron chi connectivity index (χ1n) is 8.38. The highest BCUT2D eigenvalue weighted by atomic mass is 19.2. The number of carbonyl (C=O) groups is 1. The first-order chi connectivity index (χ1) is 12.6. The number of nitrogens with one attached hydrogen (secondary N) is 2. The second-order valence-electron chi connectivity index (χ2n) is 5.90. The molecule has 1 fully saturated rings. The summed E-state index contributed by atoms with van der Waals surface area (Å²) >= 11 is 0. The fourth-order valence-electron chi connectivity index (χ4n) is 2.58. The summed E-state index contributed by atoms with van der Waals surface area (Å²) in [4.78, 5) is 18.5. The first-order valence-corrected chi connectivity index (χ1v) is 8.38. The molecule has 1 aliphatic heterocycles. The molecular weight excluding hydrogens is 342 g/mol. The summed E-state index contributed by atoms with van der Waals surface area (Å²) < 4.78 is 31.4. The molecule has 1 amide bonds. The Bertz CT molecular complexity index is 749.